The minimum Gasteiger partial charge on any atom is -0.478 e. The summed E-state index contributed by atoms with van der Waals surface area (Å²) in [7, 11) is 0. The van der Waals surface area contributed by atoms with Crippen LogP contribution in [-0.2, 0) is 17.9 Å². The maximum absolute atomic E-state index is 13.1. The van der Waals surface area contributed by atoms with Gasteiger partial charge in [-0.05, 0) is 54.8 Å². The highest BCUT2D eigenvalue weighted by Gasteiger charge is 2.28. The molecule has 142 valence electrons. The number of likely N-dealkylation sites (tertiary alicyclic amines) is 1. The third-order valence-electron chi connectivity index (χ3n) is 4.88. The van der Waals surface area contributed by atoms with Gasteiger partial charge in [0.15, 0.2) is 0 Å². The van der Waals surface area contributed by atoms with Crippen LogP contribution in [0.5, 0.6) is 0 Å². The maximum Gasteiger partial charge on any atom is 0.335 e. The zero-order chi connectivity index (χ0) is 19.2. The predicted molar refractivity (Wildman–Crippen MR) is 99.7 cm³/mol. The highest BCUT2D eigenvalue weighted by atomic mass is 19.1. The Hall–Kier alpha value is -2.73. The van der Waals surface area contributed by atoms with Gasteiger partial charge in [0, 0.05) is 13.1 Å². The SMILES string of the molecule is O=C(O)c1ccc(CNC(=O)[C@H]2CCCCN2Cc2ccc(F)cc2)cc1. The molecular weight excluding hydrogens is 347 g/mol. The first-order valence-corrected chi connectivity index (χ1v) is 9.11. The molecule has 1 heterocycles. The van der Waals surface area contributed by atoms with Crippen LogP contribution >= 0.6 is 0 Å². The quantitative estimate of drug-likeness (QED) is 0.819. The zero-order valence-corrected chi connectivity index (χ0v) is 15.0. The molecule has 0 unspecified atom stereocenters. The molecule has 2 aromatic rings. The van der Waals surface area contributed by atoms with E-state index in [4.69, 9.17) is 5.11 Å². The number of halogens is 1. The van der Waals surface area contributed by atoms with Crippen molar-refractivity contribution in [1.29, 1.82) is 0 Å². The minimum absolute atomic E-state index is 0.0286. The van der Waals surface area contributed by atoms with Crippen LogP contribution in [0.15, 0.2) is 48.5 Å². The Labute approximate surface area is 157 Å². The second kappa shape index (κ2) is 8.77. The summed E-state index contributed by atoms with van der Waals surface area (Å²) < 4.78 is 13.1. The number of hydrogen-bond acceptors (Lipinski definition) is 3. The highest BCUT2D eigenvalue weighted by Crippen LogP contribution is 2.20. The maximum atomic E-state index is 13.1. The third-order valence-corrected chi connectivity index (χ3v) is 4.88. The lowest BCUT2D eigenvalue weighted by Crippen LogP contribution is -2.48. The Morgan fingerprint density at radius 1 is 1.04 bits per heavy atom. The lowest BCUT2D eigenvalue weighted by molar-refractivity contribution is -0.128. The molecular formula is C21H23FN2O3. The van der Waals surface area contributed by atoms with E-state index < -0.39 is 5.97 Å². The molecule has 2 N–H and O–H groups in total. The summed E-state index contributed by atoms with van der Waals surface area (Å²) in [6, 6.07) is 12.7. The first-order chi connectivity index (χ1) is 13.0. The first-order valence-electron chi connectivity index (χ1n) is 9.11. The number of benzene rings is 2. The molecule has 0 bridgehead atoms. The largest absolute Gasteiger partial charge is 0.478 e. The van der Waals surface area contributed by atoms with E-state index in [1.807, 2.05) is 0 Å². The summed E-state index contributed by atoms with van der Waals surface area (Å²) in [6.07, 6.45) is 2.85. The summed E-state index contributed by atoms with van der Waals surface area (Å²) in [4.78, 5) is 25.7. The van der Waals surface area contributed by atoms with E-state index in [-0.39, 0.29) is 23.3 Å². The molecule has 1 aliphatic heterocycles. The number of piperidine rings is 1. The second-order valence-corrected chi connectivity index (χ2v) is 6.83. The van der Waals surface area contributed by atoms with E-state index in [1.165, 1.54) is 24.3 Å². The van der Waals surface area contributed by atoms with Crippen molar-refractivity contribution < 1.29 is 19.1 Å². The molecule has 6 heteroatoms. The van der Waals surface area contributed by atoms with Gasteiger partial charge in [0.2, 0.25) is 5.91 Å². The van der Waals surface area contributed by atoms with Gasteiger partial charge in [-0.2, -0.15) is 0 Å². The minimum atomic E-state index is -0.968. The van der Waals surface area contributed by atoms with Crippen molar-refractivity contribution in [2.24, 2.45) is 0 Å². The van der Waals surface area contributed by atoms with E-state index in [1.54, 1.807) is 24.3 Å². The van der Waals surface area contributed by atoms with Crippen molar-refractivity contribution in [2.75, 3.05) is 6.54 Å². The van der Waals surface area contributed by atoms with Crippen molar-refractivity contribution >= 4 is 11.9 Å². The van der Waals surface area contributed by atoms with Crippen molar-refractivity contribution in [2.45, 2.75) is 38.4 Å². The number of carbonyl (C=O) groups excluding carboxylic acids is 1. The smallest absolute Gasteiger partial charge is 0.335 e. The van der Waals surface area contributed by atoms with Gasteiger partial charge in [0.25, 0.3) is 0 Å². The molecule has 1 atom stereocenters. The van der Waals surface area contributed by atoms with Crippen molar-refractivity contribution in [3.05, 3.63) is 71.0 Å². The van der Waals surface area contributed by atoms with Crippen LogP contribution in [0.3, 0.4) is 0 Å². The van der Waals surface area contributed by atoms with E-state index in [9.17, 15) is 14.0 Å². The van der Waals surface area contributed by atoms with E-state index in [2.05, 4.69) is 10.2 Å². The van der Waals surface area contributed by atoms with E-state index in [0.29, 0.717) is 13.1 Å². The number of hydrogen-bond donors (Lipinski definition) is 2. The van der Waals surface area contributed by atoms with E-state index >= 15 is 0 Å². The topological polar surface area (TPSA) is 69.6 Å². The fourth-order valence-electron chi connectivity index (χ4n) is 3.37. The Morgan fingerprint density at radius 2 is 1.70 bits per heavy atom. The number of carbonyl (C=O) groups is 2. The molecule has 0 aromatic heterocycles. The van der Waals surface area contributed by atoms with Crippen LogP contribution < -0.4 is 5.32 Å². The molecule has 0 saturated carbocycles. The summed E-state index contributed by atoms with van der Waals surface area (Å²) in [6.45, 7) is 1.81. The molecule has 0 spiro atoms. The summed E-state index contributed by atoms with van der Waals surface area (Å²) >= 11 is 0. The monoisotopic (exact) mass is 370 g/mol. The number of rotatable bonds is 6. The van der Waals surface area contributed by atoms with Crippen molar-refractivity contribution in [3.63, 3.8) is 0 Å². The fraction of sp³-hybridized carbons (Fsp3) is 0.333. The number of amides is 1. The van der Waals surface area contributed by atoms with Gasteiger partial charge in [0.1, 0.15) is 5.82 Å². The molecule has 1 aliphatic rings. The summed E-state index contributed by atoms with van der Waals surface area (Å²) in [5.41, 5.74) is 2.07. The zero-order valence-electron chi connectivity index (χ0n) is 15.0. The third kappa shape index (κ3) is 5.14. The number of carboxylic acid groups (broad SMARTS) is 1. The van der Waals surface area contributed by atoms with Gasteiger partial charge in [-0.3, -0.25) is 9.69 Å². The van der Waals surface area contributed by atoms with Crippen molar-refractivity contribution in [1.82, 2.24) is 10.2 Å². The Morgan fingerprint density at radius 3 is 2.37 bits per heavy atom. The van der Waals surface area contributed by atoms with Crippen LogP contribution in [0.1, 0.15) is 40.7 Å². The standard InChI is InChI=1S/C21H23FN2O3/c22-18-10-6-16(7-11-18)14-24-12-2-1-3-19(24)20(25)23-13-15-4-8-17(9-5-15)21(26)27/h4-11,19H,1-3,12-14H2,(H,23,25)(H,26,27)/t19-/m1/s1. The molecule has 2 aromatic carbocycles. The second-order valence-electron chi connectivity index (χ2n) is 6.83. The first kappa shape index (κ1) is 19.0. The molecule has 5 nitrogen and oxygen atoms in total. The Balaban J connectivity index is 1.59. The normalized spacial score (nSPS) is 17.4. The molecule has 0 aliphatic carbocycles. The average molecular weight is 370 g/mol. The van der Waals surface area contributed by atoms with E-state index in [0.717, 1.165) is 36.9 Å². The van der Waals surface area contributed by atoms with Crippen LogP contribution in [0.2, 0.25) is 0 Å². The summed E-state index contributed by atoms with van der Waals surface area (Å²) in [5.74, 6) is -1.26. The molecule has 1 amide bonds. The highest BCUT2D eigenvalue weighted by molar-refractivity contribution is 5.87. The predicted octanol–water partition coefficient (Wildman–Crippen LogP) is 3.19. The van der Waals surface area contributed by atoms with Crippen molar-refractivity contribution in [3.8, 4) is 0 Å². The van der Waals surface area contributed by atoms with Gasteiger partial charge >= 0.3 is 5.97 Å². The van der Waals surface area contributed by atoms with Gasteiger partial charge in [-0.15, -0.1) is 0 Å². The molecule has 0 radical (unpaired) electrons. The Bertz CT molecular complexity index is 790. The lowest BCUT2D eigenvalue weighted by atomic mass is 10.00. The van der Waals surface area contributed by atoms with Crippen LogP contribution in [0.25, 0.3) is 0 Å². The average Bonchev–Trinajstić information content (AvgIpc) is 2.68. The molecule has 27 heavy (non-hydrogen) atoms. The number of carboxylic acids is 1. The number of nitrogens with one attached hydrogen (secondary N) is 1. The number of nitrogens with zero attached hydrogens (tertiary/aromatic N) is 1. The van der Waals surface area contributed by atoms with Gasteiger partial charge in [0.05, 0.1) is 11.6 Å². The van der Waals surface area contributed by atoms with Crippen LogP contribution in [-0.4, -0.2) is 34.5 Å². The number of aromatic carboxylic acids is 1. The molecule has 1 fully saturated rings. The Kier molecular flexibility index (Phi) is 6.19. The fourth-order valence-corrected chi connectivity index (χ4v) is 3.37. The van der Waals surface area contributed by atoms with Crippen LogP contribution in [0, 0.1) is 5.82 Å². The van der Waals surface area contributed by atoms with Crippen LogP contribution in [0.4, 0.5) is 4.39 Å². The van der Waals surface area contributed by atoms with Gasteiger partial charge < -0.3 is 10.4 Å². The molecule has 1 saturated heterocycles. The summed E-state index contributed by atoms with van der Waals surface area (Å²) in [5, 5.41) is 11.9. The lowest BCUT2D eigenvalue weighted by Gasteiger charge is -2.34. The molecule has 3 rings (SSSR count). The van der Waals surface area contributed by atoms with Gasteiger partial charge in [-0.1, -0.05) is 30.7 Å². The van der Waals surface area contributed by atoms with Gasteiger partial charge in [-0.25, -0.2) is 9.18 Å².